The first kappa shape index (κ1) is 16.9. The Bertz CT molecular complexity index is 970. The molecule has 0 radical (unpaired) electrons. The zero-order chi connectivity index (χ0) is 18.3. The van der Waals surface area contributed by atoms with Gasteiger partial charge in [0.25, 0.3) is 11.1 Å². The van der Waals surface area contributed by atoms with E-state index in [9.17, 15) is 19.5 Å². The molecular formula is C17H18N4O4S. The van der Waals surface area contributed by atoms with Crippen molar-refractivity contribution in [2.75, 3.05) is 18.8 Å². The van der Waals surface area contributed by atoms with Crippen LogP contribution in [0.3, 0.4) is 0 Å². The molecule has 2 aromatic heterocycles. The van der Waals surface area contributed by atoms with Crippen molar-refractivity contribution in [2.45, 2.75) is 24.0 Å². The lowest BCUT2D eigenvalue weighted by Crippen LogP contribution is -2.49. The summed E-state index contributed by atoms with van der Waals surface area (Å²) in [6, 6.07) is 6.30. The molecule has 2 aliphatic rings. The number of fused-ring (bicyclic) bond motifs is 4. The van der Waals surface area contributed by atoms with Crippen LogP contribution >= 0.6 is 11.8 Å². The van der Waals surface area contributed by atoms with Crippen LogP contribution in [0.1, 0.15) is 18.0 Å². The second kappa shape index (κ2) is 6.64. The van der Waals surface area contributed by atoms with Crippen LogP contribution in [0.2, 0.25) is 0 Å². The van der Waals surface area contributed by atoms with Gasteiger partial charge >= 0.3 is 0 Å². The molecule has 26 heavy (non-hydrogen) atoms. The number of carbonyl (C=O) groups excluding carboxylic acids is 1. The van der Waals surface area contributed by atoms with E-state index in [0.717, 1.165) is 29.9 Å². The van der Waals surface area contributed by atoms with Gasteiger partial charge in [0.1, 0.15) is 0 Å². The summed E-state index contributed by atoms with van der Waals surface area (Å²) in [5, 5.41) is 9.58. The highest BCUT2D eigenvalue weighted by molar-refractivity contribution is 7.99. The van der Waals surface area contributed by atoms with E-state index in [1.165, 1.54) is 0 Å². The highest BCUT2D eigenvalue weighted by Gasteiger charge is 2.36. The van der Waals surface area contributed by atoms with E-state index >= 15 is 0 Å². The Morgan fingerprint density at radius 3 is 2.96 bits per heavy atom. The molecule has 2 aromatic rings. The number of carbonyl (C=O) groups is 1. The number of aromatic hydroxyl groups is 1. The largest absolute Gasteiger partial charge is 0.493 e. The predicted octanol–water partition coefficient (Wildman–Crippen LogP) is 0.375. The monoisotopic (exact) mass is 374 g/mol. The number of aromatic nitrogens is 3. The molecule has 2 bridgehead atoms. The smallest absolute Gasteiger partial charge is 0.255 e. The molecule has 0 aliphatic carbocycles. The lowest BCUT2D eigenvalue weighted by Gasteiger charge is -2.42. The Hall–Kier alpha value is -2.55. The van der Waals surface area contributed by atoms with Gasteiger partial charge in [-0.05, 0) is 18.4 Å². The second-order valence-corrected chi connectivity index (χ2v) is 7.66. The quantitative estimate of drug-likeness (QED) is 0.594. The minimum Gasteiger partial charge on any atom is -0.493 e. The molecular weight excluding hydrogens is 356 g/mol. The minimum absolute atomic E-state index is 0.0199. The SMILES string of the molecule is O=C(CSc1nc(O)cc(=O)[nH]1)N1CC2CC(C1)c1cccc(=O)n1C2. The zero-order valence-electron chi connectivity index (χ0n) is 13.9. The zero-order valence-corrected chi connectivity index (χ0v) is 14.7. The van der Waals surface area contributed by atoms with Crippen LogP contribution in [0.4, 0.5) is 0 Å². The number of thioether (sulfide) groups is 1. The van der Waals surface area contributed by atoms with E-state index in [4.69, 9.17) is 0 Å². The Kier molecular flexibility index (Phi) is 4.31. The van der Waals surface area contributed by atoms with Crippen molar-refractivity contribution in [1.82, 2.24) is 19.4 Å². The van der Waals surface area contributed by atoms with Crippen molar-refractivity contribution >= 4 is 17.7 Å². The minimum atomic E-state index is -0.456. The molecule has 0 aromatic carbocycles. The van der Waals surface area contributed by atoms with E-state index in [-0.39, 0.29) is 40.1 Å². The summed E-state index contributed by atoms with van der Waals surface area (Å²) >= 11 is 1.09. The fourth-order valence-electron chi connectivity index (χ4n) is 3.81. The summed E-state index contributed by atoms with van der Waals surface area (Å²) in [6.07, 6.45) is 0.988. The maximum absolute atomic E-state index is 12.6. The Morgan fingerprint density at radius 2 is 2.15 bits per heavy atom. The molecule has 4 rings (SSSR count). The topological polar surface area (TPSA) is 108 Å². The van der Waals surface area contributed by atoms with Gasteiger partial charge in [-0.1, -0.05) is 17.8 Å². The number of hydrogen-bond acceptors (Lipinski definition) is 6. The first-order chi connectivity index (χ1) is 12.5. The number of hydrogen-bond donors (Lipinski definition) is 2. The number of rotatable bonds is 3. The molecule has 2 N–H and O–H groups in total. The first-order valence-corrected chi connectivity index (χ1v) is 9.39. The molecule has 0 spiro atoms. The molecule has 9 heteroatoms. The summed E-state index contributed by atoms with van der Waals surface area (Å²) < 4.78 is 1.83. The molecule has 136 valence electrons. The lowest BCUT2D eigenvalue weighted by molar-refractivity contribution is -0.131. The molecule has 1 amide bonds. The molecule has 4 heterocycles. The summed E-state index contributed by atoms with van der Waals surface area (Å²) in [5.41, 5.74) is 0.561. The first-order valence-electron chi connectivity index (χ1n) is 8.40. The van der Waals surface area contributed by atoms with Crippen molar-refractivity contribution in [3.63, 3.8) is 0 Å². The maximum atomic E-state index is 12.6. The van der Waals surface area contributed by atoms with Gasteiger partial charge in [0.2, 0.25) is 11.8 Å². The van der Waals surface area contributed by atoms with Crippen LogP contribution in [-0.4, -0.2) is 49.3 Å². The standard InChI is InChI=1S/C17H18N4O4S/c22-13-5-14(23)19-17(18-13)26-9-16(25)20-6-10-4-11(8-20)12-2-1-3-15(24)21(12)7-10/h1-3,5,10-11H,4,6-9H2,(H2,18,19,22,23). The predicted molar refractivity (Wildman–Crippen MR) is 95.4 cm³/mol. The van der Waals surface area contributed by atoms with Crippen molar-refractivity contribution in [3.8, 4) is 5.88 Å². The number of nitrogens with zero attached hydrogens (tertiary/aromatic N) is 3. The van der Waals surface area contributed by atoms with Crippen molar-refractivity contribution in [2.24, 2.45) is 5.92 Å². The van der Waals surface area contributed by atoms with Crippen LogP contribution in [0.25, 0.3) is 0 Å². The molecule has 2 unspecified atom stereocenters. The summed E-state index contributed by atoms with van der Waals surface area (Å²) in [4.78, 5) is 44.1. The normalized spacial score (nSPS) is 21.3. The molecule has 2 atom stereocenters. The van der Waals surface area contributed by atoms with Crippen molar-refractivity contribution in [1.29, 1.82) is 0 Å². The van der Waals surface area contributed by atoms with Gasteiger partial charge in [-0.3, -0.25) is 14.4 Å². The summed E-state index contributed by atoms with van der Waals surface area (Å²) in [6.45, 7) is 1.86. The molecule has 1 saturated heterocycles. The number of piperidine rings is 1. The average Bonchev–Trinajstić information content (AvgIpc) is 2.60. The average molecular weight is 374 g/mol. The number of likely N-dealkylation sites (tertiary alicyclic amines) is 1. The number of aromatic amines is 1. The van der Waals surface area contributed by atoms with E-state index in [2.05, 4.69) is 9.97 Å². The summed E-state index contributed by atoms with van der Waals surface area (Å²) in [5.74, 6) is 0.173. The van der Waals surface area contributed by atoms with Crippen molar-refractivity contribution in [3.05, 3.63) is 50.7 Å². The van der Waals surface area contributed by atoms with Crippen molar-refractivity contribution < 1.29 is 9.90 Å². The van der Waals surface area contributed by atoms with Gasteiger partial charge in [-0.2, -0.15) is 4.98 Å². The Balaban J connectivity index is 1.45. The molecule has 8 nitrogen and oxygen atoms in total. The maximum Gasteiger partial charge on any atom is 0.255 e. The third-order valence-corrected chi connectivity index (χ3v) is 5.73. The van der Waals surface area contributed by atoms with Gasteiger partial charge in [-0.15, -0.1) is 0 Å². The number of pyridine rings is 1. The van der Waals surface area contributed by atoms with Gasteiger partial charge in [0, 0.05) is 37.3 Å². The van der Waals surface area contributed by atoms with Gasteiger partial charge in [0.05, 0.1) is 11.8 Å². The van der Waals surface area contributed by atoms with Crippen LogP contribution in [0, 0.1) is 5.92 Å². The lowest BCUT2D eigenvalue weighted by atomic mass is 9.83. The highest BCUT2D eigenvalue weighted by atomic mass is 32.2. The van der Waals surface area contributed by atoms with Crippen LogP contribution in [0.5, 0.6) is 5.88 Å². The molecule has 2 aliphatic heterocycles. The van der Waals surface area contributed by atoms with E-state index in [1.54, 1.807) is 12.1 Å². The number of H-pyrrole nitrogens is 1. The third-order valence-electron chi connectivity index (χ3n) is 4.87. The number of amides is 1. The molecule has 1 fully saturated rings. The van der Waals surface area contributed by atoms with Gasteiger partial charge < -0.3 is 19.6 Å². The number of nitrogens with one attached hydrogen (secondary N) is 1. The summed E-state index contributed by atoms with van der Waals surface area (Å²) in [7, 11) is 0. The Morgan fingerprint density at radius 1 is 1.31 bits per heavy atom. The second-order valence-electron chi connectivity index (χ2n) is 6.69. The fraction of sp³-hybridized carbons (Fsp3) is 0.412. The van der Waals surface area contributed by atoms with Crippen LogP contribution in [-0.2, 0) is 11.3 Å². The van der Waals surface area contributed by atoms with Crippen LogP contribution in [0.15, 0.2) is 39.0 Å². The van der Waals surface area contributed by atoms with Gasteiger partial charge in [-0.25, -0.2) is 0 Å². The third kappa shape index (κ3) is 3.26. The molecule has 0 saturated carbocycles. The fourth-order valence-corrected chi connectivity index (χ4v) is 4.59. The Labute approximate surface area is 152 Å². The van der Waals surface area contributed by atoms with E-state index < -0.39 is 5.56 Å². The van der Waals surface area contributed by atoms with E-state index in [1.807, 2.05) is 15.5 Å². The van der Waals surface area contributed by atoms with E-state index in [0.29, 0.717) is 19.6 Å². The van der Waals surface area contributed by atoms with Crippen LogP contribution < -0.4 is 11.1 Å². The van der Waals surface area contributed by atoms with Gasteiger partial charge in [0.15, 0.2) is 5.16 Å². The highest BCUT2D eigenvalue weighted by Crippen LogP contribution is 2.35.